The molecule has 1 aliphatic heterocycles. The van der Waals surface area contributed by atoms with Gasteiger partial charge in [-0.3, -0.25) is 4.79 Å². The van der Waals surface area contributed by atoms with E-state index in [0.29, 0.717) is 18.9 Å². The third kappa shape index (κ3) is 7.41. The van der Waals surface area contributed by atoms with Crippen LogP contribution in [0.2, 0.25) is 0 Å². The molecule has 0 saturated carbocycles. The fourth-order valence-corrected chi connectivity index (χ4v) is 3.65. The van der Waals surface area contributed by atoms with Crippen LogP contribution in [0.4, 0.5) is 0 Å². The number of rotatable bonds is 10. The second kappa shape index (κ2) is 11.2. The summed E-state index contributed by atoms with van der Waals surface area (Å²) in [5.41, 5.74) is 0.962. The summed E-state index contributed by atoms with van der Waals surface area (Å²) in [4.78, 5) is 14.9. The van der Waals surface area contributed by atoms with Crippen LogP contribution in [-0.4, -0.2) is 44.7 Å². The number of piperidine rings is 1. The lowest BCUT2D eigenvalue weighted by Gasteiger charge is -2.33. The van der Waals surface area contributed by atoms with Gasteiger partial charge in [-0.2, -0.15) is 0 Å². The first-order valence-electron chi connectivity index (χ1n) is 10.2. The van der Waals surface area contributed by atoms with Gasteiger partial charge in [-0.05, 0) is 62.7 Å². The van der Waals surface area contributed by atoms with Gasteiger partial charge in [0.05, 0.1) is 14.2 Å². The number of nitrogens with zero attached hydrogens (tertiary/aromatic N) is 1. The highest BCUT2D eigenvalue weighted by molar-refractivity contribution is 5.75. The van der Waals surface area contributed by atoms with E-state index in [1.165, 1.54) is 32.4 Å². The molecule has 1 heterocycles. The van der Waals surface area contributed by atoms with E-state index in [1.54, 1.807) is 14.2 Å². The predicted octanol–water partition coefficient (Wildman–Crippen LogP) is 3.86. The molecule has 2 rings (SSSR count). The van der Waals surface area contributed by atoms with Crippen LogP contribution in [-0.2, 0) is 11.3 Å². The van der Waals surface area contributed by atoms with Gasteiger partial charge >= 0.3 is 0 Å². The molecule has 5 nitrogen and oxygen atoms in total. The van der Waals surface area contributed by atoms with Crippen LogP contribution in [0, 0.1) is 11.8 Å². The number of carbonyl (C=O) groups is 1. The molecule has 27 heavy (non-hydrogen) atoms. The molecule has 5 heteroatoms. The SMILES string of the molecule is COc1ccc(CNC(=O)CCC2CCCN(CCC(C)C)C2)c(OC)c1. The molecule has 1 N–H and O–H groups in total. The summed E-state index contributed by atoms with van der Waals surface area (Å²) >= 11 is 0. The minimum Gasteiger partial charge on any atom is -0.497 e. The van der Waals surface area contributed by atoms with Crippen molar-refractivity contribution in [2.24, 2.45) is 11.8 Å². The van der Waals surface area contributed by atoms with Gasteiger partial charge in [0.2, 0.25) is 5.91 Å². The number of hydrogen-bond acceptors (Lipinski definition) is 4. The van der Waals surface area contributed by atoms with Crippen molar-refractivity contribution >= 4 is 5.91 Å². The van der Waals surface area contributed by atoms with Gasteiger partial charge < -0.3 is 19.7 Å². The number of ether oxygens (including phenoxy) is 2. The molecule has 1 aromatic rings. The standard InChI is InChI=1S/C22H36N2O3/c1-17(2)11-13-24-12-5-6-18(16-24)7-10-22(25)23-15-19-8-9-20(26-3)14-21(19)27-4/h8-9,14,17-18H,5-7,10-13,15-16H2,1-4H3,(H,23,25). The number of carbonyl (C=O) groups excluding carboxylic acids is 1. The average Bonchev–Trinajstić information content (AvgIpc) is 2.69. The first-order valence-corrected chi connectivity index (χ1v) is 10.2. The lowest BCUT2D eigenvalue weighted by Crippen LogP contribution is -2.37. The highest BCUT2D eigenvalue weighted by atomic mass is 16.5. The highest BCUT2D eigenvalue weighted by Crippen LogP contribution is 2.25. The number of nitrogens with one attached hydrogen (secondary N) is 1. The average molecular weight is 377 g/mol. The lowest BCUT2D eigenvalue weighted by molar-refractivity contribution is -0.121. The van der Waals surface area contributed by atoms with Crippen molar-refractivity contribution in [1.82, 2.24) is 10.2 Å². The topological polar surface area (TPSA) is 50.8 Å². The monoisotopic (exact) mass is 376 g/mol. The minimum absolute atomic E-state index is 0.118. The first kappa shape index (κ1) is 21.5. The number of benzene rings is 1. The second-order valence-electron chi connectivity index (χ2n) is 7.98. The van der Waals surface area contributed by atoms with Gasteiger partial charge in [-0.15, -0.1) is 0 Å². The molecule has 1 fully saturated rings. The van der Waals surface area contributed by atoms with Crippen molar-refractivity contribution in [2.75, 3.05) is 33.9 Å². The predicted molar refractivity (Wildman–Crippen MR) is 109 cm³/mol. The summed E-state index contributed by atoms with van der Waals surface area (Å²) in [6, 6.07) is 5.67. The molecule has 1 amide bonds. The zero-order valence-electron chi connectivity index (χ0n) is 17.4. The molecular weight excluding hydrogens is 340 g/mol. The number of hydrogen-bond donors (Lipinski definition) is 1. The molecule has 0 aromatic heterocycles. The Balaban J connectivity index is 1.73. The van der Waals surface area contributed by atoms with Gasteiger partial charge in [0.1, 0.15) is 11.5 Å². The molecular formula is C22H36N2O3. The summed E-state index contributed by atoms with van der Waals surface area (Å²) in [5, 5.41) is 3.03. The maximum atomic E-state index is 12.3. The molecule has 1 aliphatic rings. The summed E-state index contributed by atoms with van der Waals surface area (Å²) in [6.45, 7) is 8.60. The van der Waals surface area contributed by atoms with E-state index in [4.69, 9.17) is 9.47 Å². The Morgan fingerprint density at radius 3 is 2.81 bits per heavy atom. The molecule has 0 aliphatic carbocycles. The first-order chi connectivity index (χ1) is 13.0. The second-order valence-corrected chi connectivity index (χ2v) is 7.98. The molecule has 1 aromatic carbocycles. The van der Waals surface area contributed by atoms with Crippen molar-refractivity contribution < 1.29 is 14.3 Å². The zero-order valence-corrected chi connectivity index (χ0v) is 17.4. The number of likely N-dealkylation sites (tertiary alicyclic amines) is 1. The van der Waals surface area contributed by atoms with Crippen molar-refractivity contribution in [3.8, 4) is 11.5 Å². The molecule has 0 bridgehead atoms. The summed E-state index contributed by atoms with van der Waals surface area (Å²) < 4.78 is 10.6. The van der Waals surface area contributed by atoms with Gasteiger partial charge in [-0.1, -0.05) is 13.8 Å². The summed E-state index contributed by atoms with van der Waals surface area (Å²) in [7, 11) is 3.26. The fourth-order valence-electron chi connectivity index (χ4n) is 3.65. The highest BCUT2D eigenvalue weighted by Gasteiger charge is 2.20. The van der Waals surface area contributed by atoms with Gasteiger partial charge in [0, 0.05) is 31.1 Å². The Labute approximate surface area is 164 Å². The molecule has 1 saturated heterocycles. The van der Waals surface area contributed by atoms with Gasteiger partial charge in [0.15, 0.2) is 0 Å². The van der Waals surface area contributed by atoms with Crippen LogP contribution in [0.5, 0.6) is 11.5 Å². The van der Waals surface area contributed by atoms with Gasteiger partial charge in [-0.25, -0.2) is 0 Å². The summed E-state index contributed by atoms with van der Waals surface area (Å²) in [6.07, 6.45) is 5.34. The van der Waals surface area contributed by atoms with Crippen LogP contribution in [0.1, 0.15) is 51.5 Å². The molecule has 152 valence electrons. The Kier molecular flexibility index (Phi) is 8.92. The lowest BCUT2D eigenvalue weighted by atomic mass is 9.93. The maximum Gasteiger partial charge on any atom is 0.220 e. The van der Waals surface area contributed by atoms with Crippen LogP contribution in [0.3, 0.4) is 0 Å². The zero-order chi connectivity index (χ0) is 19.6. The van der Waals surface area contributed by atoms with Crippen molar-refractivity contribution in [3.63, 3.8) is 0 Å². The van der Waals surface area contributed by atoms with Gasteiger partial charge in [0.25, 0.3) is 0 Å². The van der Waals surface area contributed by atoms with Crippen molar-refractivity contribution in [1.29, 1.82) is 0 Å². The Morgan fingerprint density at radius 2 is 2.11 bits per heavy atom. The quantitative estimate of drug-likeness (QED) is 0.674. The van der Waals surface area contributed by atoms with E-state index in [1.807, 2.05) is 18.2 Å². The fraction of sp³-hybridized carbons (Fsp3) is 0.682. The van der Waals surface area contributed by atoms with E-state index < -0.39 is 0 Å². The van der Waals surface area contributed by atoms with E-state index in [0.717, 1.165) is 35.9 Å². The van der Waals surface area contributed by atoms with Crippen molar-refractivity contribution in [2.45, 2.75) is 52.5 Å². The number of methoxy groups -OCH3 is 2. The van der Waals surface area contributed by atoms with E-state index in [-0.39, 0.29) is 5.91 Å². The Bertz CT molecular complexity index is 589. The minimum atomic E-state index is 0.118. The van der Waals surface area contributed by atoms with Crippen LogP contribution in [0.15, 0.2) is 18.2 Å². The Morgan fingerprint density at radius 1 is 1.30 bits per heavy atom. The molecule has 0 radical (unpaired) electrons. The third-order valence-corrected chi connectivity index (χ3v) is 5.38. The van der Waals surface area contributed by atoms with Crippen molar-refractivity contribution in [3.05, 3.63) is 23.8 Å². The van der Waals surface area contributed by atoms with Crippen LogP contribution in [0.25, 0.3) is 0 Å². The third-order valence-electron chi connectivity index (χ3n) is 5.38. The smallest absolute Gasteiger partial charge is 0.220 e. The summed E-state index contributed by atoms with van der Waals surface area (Å²) in [5.74, 6) is 3.01. The Hall–Kier alpha value is -1.75. The molecule has 1 unspecified atom stereocenters. The molecule has 1 atom stereocenters. The largest absolute Gasteiger partial charge is 0.497 e. The van der Waals surface area contributed by atoms with Crippen LogP contribution >= 0.6 is 0 Å². The normalized spacial score (nSPS) is 17.7. The maximum absolute atomic E-state index is 12.3. The van der Waals surface area contributed by atoms with E-state index in [9.17, 15) is 4.79 Å². The van der Waals surface area contributed by atoms with Crippen LogP contribution < -0.4 is 14.8 Å². The van der Waals surface area contributed by atoms with E-state index >= 15 is 0 Å². The van der Waals surface area contributed by atoms with E-state index in [2.05, 4.69) is 24.1 Å². The molecule has 0 spiro atoms. The number of amides is 1.